The van der Waals surface area contributed by atoms with E-state index in [0.717, 1.165) is 17.8 Å². The molecule has 2 heterocycles. The van der Waals surface area contributed by atoms with E-state index in [2.05, 4.69) is 26.0 Å². The maximum Gasteiger partial charge on any atom is 0.277 e. The minimum atomic E-state index is -0.752. The first-order valence-electron chi connectivity index (χ1n) is 7.34. The Hall–Kier alpha value is -3.27. The smallest absolute Gasteiger partial charge is 0.277 e. The fourth-order valence-corrected chi connectivity index (χ4v) is 2.44. The van der Waals surface area contributed by atoms with Crippen molar-refractivity contribution in [2.75, 3.05) is 5.75 Å². The fourth-order valence-electron chi connectivity index (χ4n) is 1.88. The molecule has 0 aliphatic rings. The fraction of sp³-hybridized carbons (Fsp3) is 0.0625. The van der Waals surface area contributed by atoms with Crippen LogP contribution in [0.25, 0.3) is 11.5 Å². The molecule has 0 radical (unpaired) electrons. The van der Waals surface area contributed by atoms with Crippen LogP contribution < -0.4 is 10.9 Å². The van der Waals surface area contributed by atoms with Crippen LogP contribution in [-0.2, 0) is 4.79 Å². The van der Waals surface area contributed by atoms with Crippen LogP contribution in [0.1, 0.15) is 10.4 Å². The first-order valence-corrected chi connectivity index (χ1v) is 8.32. The second-order valence-electron chi connectivity index (χ2n) is 4.89. The van der Waals surface area contributed by atoms with Crippen LogP contribution in [0.3, 0.4) is 0 Å². The average molecular weight is 373 g/mol. The molecule has 0 saturated heterocycles. The highest BCUT2D eigenvalue weighted by atomic mass is 32.2. The number of halogens is 1. The van der Waals surface area contributed by atoms with Crippen LogP contribution in [0.5, 0.6) is 0 Å². The Balaban J connectivity index is 1.48. The van der Waals surface area contributed by atoms with Crippen molar-refractivity contribution >= 4 is 23.6 Å². The van der Waals surface area contributed by atoms with Crippen molar-refractivity contribution in [3.05, 3.63) is 60.2 Å². The van der Waals surface area contributed by atoms with Crippen molar-refractivity contribution in [2.24, 2.45) is 0 Å². The molecule has 0 spiro atoms. The number of hydrogen-bond donors (Lipinski definition) is 2. The number of thioether (sulfide) groups is 1. The van der Waals surface area contributed by atoms with E-state index in [9.17, 15) is 14.0 Å². The van der Waals surface area contributed by atoms with Crippen molar-refractivity contribution in [3.8, 4) is 11.5 Å². The minimum absolute atomic E-state index is 0.0772. The van der Waals surface area contributed by atoms with Crippen LogP contribution >= 0.6 is 11.8 Å². The van der Waals surface area contributed by atoms with Crippen LogP contribution in [0.2, 0.25) is 0 Å². The van der Waals surface area contributed by atoms with Gasteiger partial charge in [0.05, 0.1) is 16.9 Å². The van der Waals surface area contributed by atoms with E-state index in [0.29, 0.717) is 5.56 Å². The highest BCUT2D eigenvalue weighted by Crippen LogP contribution is 2.22. The molecule has 0 atom stereocenters. The van der Waals surface area contributed by atoms with Gasteiger partial charge in [-0.15, -0.1) is 10.2 Å². The number of pyridine rings is 1. The van der Waals surface area contributed by atoms with Crippen LogP contribution in [0, 0.1) is 5.82 Å². The van der Waals surface area contributed by atoms with Crippen molar-refractivity contribution in [1.29, 1.82) is 0 Å². The standard InChI is InChI=1S/C16H12FN5O3S/c17-12-6-2-1-5-11(12)14(24)20-19-13(23)9-26-16-22-21-15(25-16)10-4-3-7-18-8-10/h1-8H,9H2,(H,19,23)(H,20,24). The molecule has 10 heteroatoms. The maximum absolute atomic E-state index is 13.5. The number of aromatic nitrogens is 3. The maximum atomic E-state index is 13.5. The molecule has 2 aromatic heterocycles. The van der Waals surface area contributed by atoms with Crippen LogP contribution in [0.15, 0.2) is 58.4 Å². The third-order valence-electron chi connectivity index (χ3n) is 3.08. The molecule has 1 aromatic carbocycles. The summed E-state index contributed by atoms with van der Waals surface area (Å²) in [5.74, 6) is -1.73. The lowest BCUT2D eigenvalue weighted by Gasteiger charge is -2.07. The Labute approximate surface area is 151 Å². The van der Waals surface area contributed by atoms with Crippen LogP contribution in [0.4, 0.5) is 4.39 Å². The summed E-state index contributed by atoms with van der Waals surface area (Å²) in [6.45, 7) is 0. The van der Waals surface area contributed by atoms with Gasteiger partial charge in [-0.05, 0) is 24.3 Å². The molecule has 0 fully saturated rings. The Morgan fingerprint density at radius 2 is 1.96 bits per heavy atom. The zero-order chi connectivity index (χ0) is 18.4. The number of hydrazine groups is 1. The Bertz CT molecular complexity index is 919. The van der Waals surface area contributed by atoms with Gasteiger partial charge >= 0.3 is 0 Å². The van der Waals surface area contributed by atoms with Gasteiger partial charge in [-0.1, -0.05) is 23.9 Å². The van der Waals surface area contributed by atoms with E-state index >= 15 is 0 Å². The number of carbonyl (C=O) groups is 2. The quantitative estimate of drug-likeness (QED) is 0.518. The third-order valence-corrected chi connectivity index (χ3v) is 3.89. The zero-order valence-electron chi connectivity index (χ0n) is 13.2. The predicted octanol–water partition coefficient (Wildman–Crippen LogP) is 1.82. The number of hydrogen-bond acceptors (Lipinski definition) is 7. The van der Waals surface area contributed by atoms with E-state index in [4.69, 9.17) is 4.42 Å². The molecule has 0 aliphatic carbocycles. The van der Waals surface area contributed by atoms with E-state index in [1.165, 1.54) is 18.2 Å². The monoisotopic (exact) mass is 373 g/mol. The van der Waals surface area contributed by atoms with Crippen molar-refractivity contribution < 1.29 is 18.4 Å². The summed E-state index contributed by atoms with van der Waals surface area (Å²) in [6.07, 6.45) is 3.20. The van der Waals surface area contributed by atoms with Gasteiger partial charge in [-0.2, -0.15) is 0 Å². The summed E-state index contributed by atoms with van der Waals surface area (Å²) < 4.78 is 18.9. The zero-order valence-corrected chi connectivity index (χ0v) is 14.0. The predicted molar refractivity (Wildman–Crippen MR) is 90.3 cm³/mol. The molecule has 0 aliphatic heterocycles. The average Bonchev–Trinajstić information content (AvgIpc) is 3.14. The van der Waals surface area contributed by atoms with Gasteiger partial charge in [0.2, 0.25) is 11.8 Å². The molecule has 0 saturated carbocycles. The summed E-state index contributed by atoms with van der Waals surface area (Å²) in [4.78, 5) is 27.5. The summed E-state index contributed by atoms with van der Waals surface area (Å²) in [5, 5.41) is 7.88. The van der Waals surface area contributed by atoms with E-state index < -0.39 is 17.6 Å². The van der Waals surface area contributed by atoms with Gasteiger partial charge in [0.25, 0.3) is 11.1 Å². The first-order chi connectivity index (χ1) is 12.6. The molecule has 8 nitrogen and oxygen atoms in total. The number of rotatable bonds is 5. The van der Waals surface area contributed by atoms with E-state index in [1.807, 2.05) is 0 Å². The van der Waals surface area contributed by atoms with E-state index in [1.54, 1.807) is 24.5 Å². The Morgan fingerprint density at radius 3 is 2.73 bits per heavy atom. The highest BCUT2D eigenvalue weighted by Gasteiger charge is 2.13. The molecule has 0 unspecified atom stereocenters. The number of nitrogens with zero attached hydrogens (tertiary/aromatic N) is 3. The molecule has 0 bridgehead atoms. The van der Waals surface area contributed by atoms with Gasteiger partial charge < -0.3 is 4.42 Å². The van der Waals surface area contributed by atoms with Crippen molar-refractivity contribution in [2.45, 2.75) is 5.22 Å². The summed E-state index contributed by atoms with van der Waals surface area (Å²) in [5.41, 5.74) is 4.82. The second kappa shape index (κ2) is 8.21. The topological polar surface area (TPSA) is 110 Å². The number of nitrogens with one attached hydrogen (secondary N) is 2. The van der Waals surface area contributed by atoms with Crippen molar-refractivity contribution in [3.63, 3.8) is 0 Å². The molecule has 132 valence electrons. The third kappa shape index (κ3) is 4.42. The van der Waals surface area contributed by atoms with Gasteiger partial charge in [0.1, 0.15) is 5.82 Å². The van der Waals surface area contributed by atoms with E-state index in [-0.39, 0.29) is 22.4 Å². The second-order valence-corrected chi connectivity index (χ2v) is 5.81. The summed E-state index contributed by atoms with van der Waals surface area (Å²) in [6, 6.07) is 8.94. The summed E-state index contributed by atoms with van der Waals surface area (Å²) >= 11 is 0.997. The molecular formula is C16H12FN5O3S. The van der Waals surface area contributed by atoms with Crippen molar-refractivity contribution in [1.82, 2.24) is 26.0 Å². The molecule has 26 heavy (non-hydrogen) atoms. The van der Waals surface area contributed by atoms with Gasteiger partial charge in [0, 0.05) is 12.4 Å². The molecule has 3 aromatic rings. The lowest BCUT2D eigenvalue weighted by molar-refractivity contribution is -0.119. The SMILES string of the molecule is O=C(CSc1nnc(-c2cccnc2)o1)NNC(=O)c1ccccc1F. The van der Waals surface area contributed by atoms with Crippen LogP contribution in [-0.4, -0.2) is 32.7 Å². The first kappa shape index (κ1) is 17.5. The van der Waals surface area contributed by atoms with Gasteiger partial charge in [0.15, 0.2) is 0 Å². The number of amides is 2. The van der Waals surface area contributed by atoms with Gasteiger partial charge in [-0.25, -0.2) is 4.39 Å². The number of carbonyl (C=O) groups excluding carboxylic acids is 2. The highest BCUT2D eigenvalue weighted by molar-refractivity contribution is 7.99. The minimum Gasteiger partial charge on any atom is -0.411 e. The summed E-state index contributed by atoms with van der Waals surface area (Å²) in [7, 11) is 0. The van der Waals surface area contributed by atoms with Gasteiger partial charge in [-0.3, -0.25) is 25.4 Å². The normalized spacial score (nSPS) is 10.3. The molecule has 2 N–H and O–H groups in total. The Kier molecular flexibility index (Phi) is 5.54. The Morgan fingerprint density at radius 1 is 1.12 bits per heavy atom. The largest absolute Gasteiger partial charge is 0.411 e. The molecule has 3 rings (SSSR count). The lowest BCUT2D eigenvalue weighted by atomic mass is 10.2. The molecular weight excluding hydrogens is 361 g/mol. The lowest BCUT2D eigenvalue weighted by Crippen LogP contribution is -2.42. The molecule has 2 amide bonds. The number of benzene rings is 1.